The van der Waals surface area contributed by atoms with Crippen molar-refractivity contribution in [3.63, 3.8) is 0 Å². The summed E-state index contributed by atoms with van der Waals surface area (Å²) in [5, 5.41) is 17.5. The van der Waals surface area contributed by atoms with Crippen LogP contribution in [-0.2, 0) is 12.8 Å². The van der Waals surface area contributed by atoms with Gasteiger partial charge in [-0.05, 0) is 18.6 Å². The molecule has 4 rings (SSSR count). The lowest BCUT2D eigenvalue weighted by molar-refractivity contribution is 0.0753. The predicted molar refractivity (Wildman–Crippen MR) is 93.2 cm³/mol. The minimum Gasteiger partial charge on any atom is -0.505 e. The number of aromatic amines is 1. The van der Waals surface area contributed by atoms with Crippen LogP contribution in [0.2, 0.25) is 0 Å². The smallest absolute Gasteiger partial charge is 0.276 e. The Kier molecular flexibility index (Phi) is 3.93. The fraction of sp³-hybridized carbons (Fsp3) is 0.211. The summed E-state index contributed by atoms with van der Waals surface area (Å²) in [5.74, 6) is -0.320. The van der Waals surface area contributed by atoms with Crippen LogP contribution >= 0.6 is 0 Å². The Balaban J connectivity index is 1.58. The first-order valence-electron chi connectivity index (χ1n) is 8.29. The average molecular weight is 334 g/mol. The second-order valence-electron chi connectivity index (χ2n) is 6.06. The summed E-state index contributed by atoms with van der Waals surface area (Å²) in [4.78, 5) is 18.4. The van der Waals surface area contributed by atoms with Crippen LogP contribution in [0.5, 0.6) is 5.75 Å². The topological polar surface area (TPSA) is 82.1 Å². The zero-order valence-corrected chi connectivity index (χ0v) is 13.6. The van der Waals surface area contributed by atoms with Gasteiger partial charge in [-0.25, -0.2) is 4.98 Å². The minimum atomic E-state index is -0.238. The Bertz CT molecular complexity index is 905. The molecule has 0 fully saturated rings. The molecule has 25 heavy (non-hydrogen) atoms. The molecule has 0 atom stereocenters. The van der Waals surface area contributed by atoms with Crippen molar-refractivity contribution in [3.8, 4) is 17.0 Å². The van der Waals surface area contributed by atoms with Crippen molar-refractivity contribution in [1.82, 2.24) is 20.1 Å². The van der Waals surface area contributed by atoms with Gasteiger partial charge in [-0.2, -0.15) is 5.10 Å². The van der Waals surface area contributed by atoms with Crippen LogP contribution in [0.25, 0.3) is 11.3 Å². The van der Waals surface area contributed by atoms with Gasteiger partial charge in [0.15, 0.2) is 5.69 Å². The van der Waals surface area contributed by atoms with Gasteiger partial charge < -0.3 is 10.0 Å². The van der Waals surface area contributed by atoms with E-state index in [1.165, 1.54) is 12.3 Å². The number of fused-ring (bicyclic) bond motifs is 1. The maximum absolute atomic E-state index is 12.7. The summed E-state index contributed by atoms with van der Waals surface area (Å²) < 4.78 is 0. The van der Waals surface area contributed by atoms with Crippen LogP contribution in [0.1, 0.15) is 21.7 Å². The van der Waals surface area contributed by atoms with Crippen LogP contribution in [-0.4, -0.2) is 44.2 Å². The molecule has 0 radical (unpaired) electrons. The number of benzene rings is 1. The molecular formula is C19H18N4O2. The van der Waals surface area contributed by atoms with E-state index in [1.807, 2.05) is 30.3 Å². The van der Waals surface area contributed by atoms with Crippen LogP contribution in [0.4, 0.5) is 0 Å². The van der Waals surface area contributed by atoms with Gasteiger partial charge in [0, 0.05) is 42.5 Å². The molecule has 1 aromatic carbocycles. The predicted octanol–water partition coefficient (Wildman–Crippen LogP) is 2.42. The molecular weight excluding hydrogens is 316 g/mol. The maximum atomic E-state index is 12.7. The first kappa shape index (κ1) is 15.4. The number of nitrogens with one attached hydrogen (secondary N) is 1. The molecule has 0 saturated carbocycles. The van der Waals surface area contributed by atoms with Crippen molar-refractivity contribution in [2.75, 3.05) is 13.1 Å². The number of nitrogens with zero attached hydrogens (tertiary/aromatic N) is 3. The number of rotatable bonds is 2. The highest BCUT2D eigenvalue weighted by Gasteiger charge is 2.25. The molecule has 1 aliphatic rings. The molecule has 3 aromatic rings. The van der Waals surface area contributed by atoms with Crippen LogP contribution in [0.15, 0.2) is 48.7 Å². The van der Waals surface area contributed by atoms with Crippen LogP contribution in [0, 0.1) is 0 Å². The molecule has 0 saturated heterocycles. The van der Waals surface area contributed by atoms with E-state index in [-0.39, 0.29) is 17.4 Å². The molecule has 1 aliphatic heterocycles. The number of aromatic nitrogens is 3. The van der Waals surface area contributed by atoms with Crippen LogP contribution < -0.4 is 0 Å². The number of hydrogen-bond donors (Lipinski definition) is 2. The highest BCUT2D eigenvalue weighted by atomic mass is 16.3. The van der Waals surface area contributed by atoms with Crippen LogP contribution in [0.3, 0.4) is 0 Å². The van der Waals surface area contributed by atoms with Gasteiger partial charge in [0.05, 0.1) is 5.69 Å². The third-order valence-corrected chi connectivity index (χ3v) is 4.54. The molecule has 3 heterocycles. The molecule has 0 spiro atoms. The molecule has 1 amide bonds. The van der Waals surface area contributed by atoms with Crippen molar-refractivity contribution < 1.29 is 9.90 Å². The number of carbonyl (C=O) groups is 1. The summed E-state index contributed by atoms with van der Waals surface area (Å²) in [6.07, 6.45) is 2.94. The third kappa shape index (κ3) is 2.87. The lowest BCUT2D eigenvalue weighted by Gasteiger charge is -2.20. The normalized spacial score (nSPS) is 14.0. The summed E-state index contributed by atoms with van der Waals surface area (Å²) in [5.41, 5.74) is 4.35. The highest BCUT2D eigenvalue weighted by molar-refractivity contribution is 5.94. The largest absolute Gasteiger partial charge is 0.505 e. The van der Waals surface area contributed by atoms with Crippen molar-refractivity contribution >= 4 is 5.91 Å². The second kappa shape index (κ2) is 6.39. The number of amides is 1. The van der Waals surface area contributed by atoms with E-state index >= 15 is 0 Å². The van der Waals surface area contributed by atoms with E-state index in [9.17, 15) is 9.90 Å². The fourth-order valence-electron chi connectivity index (χ4n) is 3.23. The average Bonchev–Trinajstić information content (AvgIpc) is 2.94. The Hall–Kier alpha value is -3.15. The van der Waals surface area contributed by atoms with Gasteiger partial charge >= 0.3 is 0 Å². The number of H-pyrrole nitrogens is 1. The lowest BCUT2D eigenvalue weighted by atomic mass is 10.0. The zero-order valence-electron chi connectivity index (χ0n) is 13.6. The van der Waals surface area contributed by atoms with Gasteiger partial charge in [-0.1, -0.05) is 30.3 Å². The molecule has 0 bridgehead atoms. The highest BCUT2D eigenvalue weighted by Crippen LogP contribution is 2.27. The Morgan fingerprint density at radius 2 is 1.88 bits per heavy atom. The number of carbonyl (C=O) groups excluding carboxylic acids is 1. The van der Waals surface area contributed by atoms with Crippen molar-refractivity contribution in [1.29, 1.82) is 0 Å². The minimum absolute atomic E-state index is 0.0816. The molecule has 0 aliphatic carbocycles. The molecule has 0 unspecified atom stereocenters. The zero-order chi connectivity index (χ0) is 17.2. The van der Waals surface area contributed by atoms with E-state index in [4.69, 9.17) is 0 Å². The molecule has 2 N–H and O–H groups in total. The molecule has 6 nitrogen and oxygen atoms in total. The molecule has 6 heteroatoms. The molecule has 2 aromatic heterocycles. The summed E-state index contributed by atoms with van der Waals surface area (Å²) in [7, 11) is 0. The fourth-order valence-corrected chi connectivity index (χ4v) is 3.23. The van der Waals surface area contributed by atoms with Crippen molar-refractivity contribution in [2.45, 2.75) is 12.8 Å². The maximum Gasteiger partial charge on any atom is 0.276 e. The first-order chi connectivity index (χ1) is 12.2. The van der Waals surface area contributed by atoms with Gasteiger partial charge in [0.2, 0.25) is 0 Å². The second-order valence-corrected chi connectivity index (χ2v) is 6.06. The van der Waals surface area contributed by atoms with Gasteiger partial charge in [0.1, 0.15) is 5.75 Å². The van der Waals surface area contributed by atoms with E-state index < -0.39 is 0 Å². The molecule has 126 valence electrons. The van der Waals surface area contributed by atoms with E-state index in [1.54, 1.807) is 11.0 Å². The summed E-state index contributed by atoms with van der Waals surface area (Å²) >= 11 is 0. The number of aromatic hydroxyl groups is 1. The van der Waals surface area contributed by atoms with E-state index in [2.05, 4.69) is 15.2 Å². The van der Waals surface area contributed by atoms with E-state index in [0.29, 0.717) is 19.5 Å². The summed E-state index contributed by atoms with van der Waals surface area (Å²) in [6, 6.07) is 13.1. The van der Waals surface area contributed by atoms with Crippen molar-refractivity contribution in [3.05, 3.63) is 65.6 Å². The Labute approximate surface area is 145 Å². The van der Waals surface area contributed by atoms with E-state index in [0.717, 1.165) is 28.9 Å². The Morgan fingerprint density at radius 1 is 1.08 bits per heavy atom. The quantitative estimate of drug-likeness (QED) is 0.754. The van der Waals surface area contributed by atoms with Crippen molar-refractivity contribution in [2.24, 2.45) is 0 Å². The standard InChI is InChI=1S/C19H18N4O2/c24-16-7-4-10-20-18(16)19(25)23-11-8-14-15(9-12-23)21-22-17(14)13-5-2-1-3-6-13/h1-7,10,24H,8-9,11-12H2,(H,21,22). The summed E-state index contributed by atoms with van der Waals surface area (Å²) in [6.45, 7) is 1.14. The van der Waals surface area contributed by atoms with Gasteiger partial charge in [-0.15, -0.1) is 0 Å². The lowest BCUT2D eigenvalue weighted by Crippen LogP contribution is -2.34. The number of hydrogen-bond acceptors (Lipinski definition) is 4. The third-order valence-electron chi connectivity index (χ3n) is 4.54. The first-order valence-corrected chi connectivity index (χ1v) is 8.29. The van der Waals surface area contributed by atoms with Gasteiger partial charge in [0.25, 0.3) is 5.91 Å². The SMILES string of the molecule is O=C(c1ncccc1O)N1CCc2[nH]nc(-c3ccccc3)c2CC1. The Morgan fingerprint density at radius 3 is 2.68 bits per heavy atom. The number of pyridine rings is 1. The monoisotopic (exact) mass is 334 g/mol. The van der Waals surface area contributed by atoms with Gasteiger partial charge in [-0.3, -0.25) is 9.89 Å².